The summed E-state index contributed by atoms with van der Waals surface area (Å²) in [6, 6.07) is 5.07. The van der Waals surface area contributed by atoms with Crippen LogP contribution in [0.5, 0.6) is 0 Å². The summed E-state index contributed by atoms with van der Waals surface area (Å²) in [5, 5.41) is 9.47. The number of piperidine rings is 2. The zero-order chi connectivity index (χ0) is 15.0. The van der Waals surface area contributed by atoms with E-state index in [9.17, 15) is 5.26 Å². The Hall–Kier alpha value is -1.60. The zero-order valence-electron chi connectivity index (χ0n) is 13.3. The van der Waals surface area contributed by atoms with Crippen molar-refractivity contribution in [2.24, 2.45) is 5.92 Å². The summed E-state index contributed by atoms with van der Waals surface area (Å²) in [6.45, 7) is 7.30. The molecule has 2 unspecified atom stereocenters. The minimum absolute atomic E-state index is 0.714. The highest BCUT2D eigenvalue weighted by molar-refractivity contribution is 5.58. The van der Waals surface area contributed by atoms with Crippen LogP contribution in [0.4, 0.5) is 5.82 Å². The molecule has 112 valence electrons. The molecule has 0 saturated carbocycles. The van der Waals surface area contributed by atoms with E-state index in [1.54, 1.807) is 0 Å². The van der Waals surface area contributed by atoms with Gasteiger partial charge < -0.3 is 9.80 Å². The predicted octanol–water partition coefficient (Wildman–Crippen LogP) is 2.49. The quantitative estimate of drug-likeness (QED) is 0.794. The number of fused-ring (bicyclic) bond motifs is 1. The maximum absolute atomic E-state index is 9.47. The van der Waals surface area contributed by atoms with E-state index in [4.69, 9.17) is 0 Å². The van der Waals surface area contributed by atoms with Gasteiger partial charge in [-0.25, -0.2) is 4.98 Å². The first kappa shape index (κ1) is 14.3. The third kappa shape index (κ3) is 2.63. The van der Waals surface area contributed by atoms with E-state index in [0.29, 0.717) is 12.0 Å². The first-order chi connectivity index (χ1) is 10.1. The highest BCUT2D eigenvalue weighted by Gasteiger charge is 2.35. The van der Waals surface area contributed by atoms with Crippen LogP contribution in [-0.2, 0) is 0 Å². The molecule has 3 rings (SSSR count). The number of pyridine rings is 1. The van der Waals surface area contributed by atoms with Crippen molar-refractivity contribution in [2.45, 2.75) is 39.2 Å². The SMILES string of the molecule is Cc1cc(C)c(C#N)c(N2CCC3C(CCCN3C)C2)n1. The number of aromatic nitrogens is 1. The van der Waals surface area contributed by atoms with E-state index in [1.165, 1.54) is 25.8 Å². The molecule has 2 atom stereocenters. The third-order valence-corrected chi connectivity index (χ3v) is 5.08. The lowest BCUT2D eigenvalue weighted by molar-refractivity contribution is 0.102. The van der Waals surface area contributed by atoms with Gasteiger partial charge in [0.2, 0.25) is 0 Å². The van der Waals surface area contributed by atoms with E-state index >= 15 is 0 Å². The van der Waals surface area contributed by atoms with Gasteiger partial charge in [0.05, 0.1) is 5.56 Å². The Morgan fingerprint density at radius 3 is 2.86 bits per heavy atom. The number of aryl methyl sites for hydroxylation is 2. The van der Waals surface area contributed by atoms with Crippen LogP contribution in [0.3, 0.4) is 0 Å². The number of hydrogen-bond donors (Lipinski definition) is 0. The molecule has 21 heavy (non-hydrogen) atoms. The van der Waals surface area contributed by atoms with Crippen LogP contribution >= 0.6 is 0 Å². The van der Waals surface area contributed by atoms with Crippen molar-refractivity contribution in [1.82, 2.24) is 9.88 Å². The molecule has 2 saturated heterocycles. The maximum atomic E-state index is 9.47. The number of anilines is 1. The van der Waals surface area contributed by atoms with Crippen LogP contribution in [0.1, 0.15) is 36.1 Å². The first-order valence-electron chi connectivity index (χ1n) is 7.93. The topological polar surface area (TPSA) is 43.2 Å². The molecule has 1 aromatic heterocycles. The summed E-state index contributed by atoms with van der Waals surface area (Å²) in [4.78, 5) is 9.54. The van der Waals surface area contributed by atoms with Gasteiger partial charge in [-0.15, -0.1) is 0 Å². The second kappa shape index (κ2) is 5.65. The molecule has 0 spiro atoms. The van der Waals surface area contributed by atoms with Gasteiger partial charge in [-0.1, -0.05) is 0 Å². The molecular formula is C17H24N4. The monoisotopic (exact) mass is 284 g/mol. The number of likely N-dealkylation sites (tertiary alicyclic amines) is 1. The fourth-order valence-corrected chi connectivity index (χ4v) is 4.03. The lowest BCUT2D eigenvalue weighted by Gasteiger charge is -2.46. The molecule has 4 nitrogen and oxygen atoms in total. The Kier molecular flexibility index (Phi) is 3.86. The fraction of sp³-hybridized carbons (Fsp3) is 0.647. The number of nitriles is 1. The molecular weight excluding hydrogens is 260 g/mol. The van der Waals surface area contributed by atoms with Crippen LogP contribution in [-0.4, -0.2) is 42.6 Å². The van der Waals surface area contributed by atoms with Crippen LogP contribution < -0.4 is 4.90 Å². The Labute approximate surface area is 127 Å². The molecule has 0 bridgehead atoms. The lowest BCUT2D eigenvalue weighted by atomic mass is 9.84. The Bertz CT molecular complexity index is 575. The van der Waals surface area contributed by atoms with Crippen molar-refractivity contribution in [1.29, 1.82) is 5.26 Å². The Morgan fingerprint density at radius 2 is 2.10 bits per heavy atom. The molecule has 0 amide bonds. The maximum Gasteiger partial charge on any atom is 0.147 e. The summed E-state index contributed by atoms with van der Waals surface area (Å²) >= 11 is 0. The van der Waals surface area contributed by atoms with Gasteiger partial charge in [-0.05, 0) is 64.3 Å². The van der Waals surface area contributed by atoms with Crippen LogP contribution in [0, 0.1) is 31.1 Å². The summed E-state index contributed by atoms with van der Waals surface area (Å²) in [5.74, 6) is 1.62. The van der Waals surface area contributed by atoms with Crippen molar-refractivity contribution in [2.75, 3.05) is 31.6 Å². The van der Waals surface area contributed by atoms with E-state index in [0.717, 1.165) is 35.7 Å². The zero-order valence-corrected chi connectivity index (χ0v) is 13.3. The molecule has 2 aliphatic rings. The summed E-state index contributed by atoms with van der Waals surface area (Å²) in [6.07, 6.45) is 3.77. The van der Waals surface area contributed by atoms with Crippen molar-refractivity contribution in [3.05, 3.63) is 22.9 Å². The van der Waals surface area contributed by atoms with Crippen LogP contribution in [0.15, 0.2) is 6.07 Å². The van der Waals surface area contributed by atoms with Crippen molar-refractivity contribution < 1.29 is 0 Å². The minimum atomic E-state index is 0.714. The van der Waals surface area contributed by atoms with Gasteiger partial charge in [0, 0.05) is 24.8 Å². The van der Waals surface area contributed by atoms with E-state index in [-0.39, 0.29) is 0 Å². The van der Waals surface area contributed by atoms with Crippen molar-refractivity contribution in [3.63, 3.8) is 0 Å². The molecule has 1 aromatic rings. The first-order valence-corrected chi connectivity index (χ1v) is 7.93. The predicted molar refractivity (Wildman–Crippen MR) is 84.4 cm³/mol. The molecule has 4 heteroatoms. The molecule has 0 N–H and O–H groups in total. The van der Waals surface area contributed by atoms with E-state index in [1.807, 2.05) is 19.9 Å². The fourth-order valence-electron chi connectivity index (χ4n) is 4.03. The number of rotatable bonds is 1. The third-order valence-electron chi connectivity index (χ3n) is 5.08. The molecule has 0 aliphatic carbocycles. The second-order valence-corrected chi connectivity index (χ2v) is 6.58. The van der Waals surface area contributed by atoms with Crippen LogP contribution in [0.25, 0.3) is 0 Å². The van der Waals surface area contributed by atoms with Crippen molar-refractivity contribution in [3.8, 4) is 6.07 Å². The van der Waals surface area contributed by atoms with E-state index < -0.39 is 0 Å². The lowest BCUT2D eigenvalue weighted by Crippen LogP contribution is -2.53. The van der Waals surface area contributed by atoms with Gasteiger partial charge in [0.25, 0.3) is 0 Å². The van der Waals surface area contributed by atoms with Crippen LogP contribution in [0.2, 0.25) is 0 Å². The van der Waals surface area contributed by atoms with Crippen molar-refractivity contribution >= 4 is 5.82 Å². The molecule has 2 aliphatic heterocycles. The van der Waals surface area contributed by atoms with E-state index in [2.05, 4.69) is 27.9 Å². The number of nitrogens with zero attached hydrogens (tertiary/aromatic N) is 4. The van der Waals surface area contributed by atoms with Gasteiger partial charge in [-0.2, -0.15) is 5.26 Å². The normalized spacial score (nSPS) is 26.3. The van der Waals surface area contributed by atoms with Gasteiger partial charge in [0.15, 0.2) is 0 Å². The highest BCUT2D eigenvalue weighted by Crippen LogP contribution is 2.33. The second-order valence-electron chi connectivity index (χ2n) is 6.58. The summed E-state index contributed by atoms with van der Waals surface area (Å²) < 4.78 is 0. The molecule has 0 radical (unpaired) electrons. The van der Waals surface area contributed by atoms with Gasteiger partial charge >= 0.3 is 0 Å². The highest BCUT2D eigenvalue weighted by atomic mass is 15.2. The van der Waals surface area contributed by atoms with Gasteiger partial charge in [0.1, 0.15) is 11.9 Å². The average molecular weight is 284 g/mol. The average Bonchev–Trinajstić information content (AvgIpc) is 2.46. The Balaban J connectivity index is 1.88. The smallest absolute Gasteiger partial charge is 0.147 e. The molecule has 2 fully saturated rings. The standard InChI is InChI=1S/C17H24N4/c1-12-9-13(2)19-17(15(12)10-18)21-8-6-16-14(11-21)5-4-7-20(16)3/h9,14,16H,4-8,11H2,1-3H3. The summed E-state index contributed by atoms with van der Waals surface area (Å²) in [5.41, 5.74) is 2.80. The summed E-state index contributed by atoms with van der Waals surface area (Å²) in [7, 11) is 2.25. The molecule has 0 aromatic carbocycles. The minimum Gasteiger partial charge on any atom is -0.355 e. The number of hydrogen-bond acceptors (Lipinski definition) is 4. The van der Waals surface area contributed by atoms with Gasteiger partial charge in [-0.3, -0.25) is 0 Å². The largest absolute Gasteiger partial charge is 0.355 e. The Morgan fingerprint density at radius 1 is 1.29 bits per heavy atom. The molecule has 3 heterocycles.